The number of benzene rings is 1. The van der Waals surface area contributed by atoms with E-state index in [1.54, 1.807) is 6.07 Å². The van der Waals surface area contributed by atoms with Gasteiger partial charge in [0, 0.05) is 25.2 Å². The van der Waals surface area contributed by atoms with E-state index in [4.69, 9.17) is 4.74 Å². The number of aromatic nitrogens is 2. The van der Waals surface area contributed by atoms with Gasteiger partial charge in [0.2, 0.25) is 0 Å². The molecule has 0 unspecified atom stereocenters. The lowest BCUT2D eigenvalue weighted by Crippen LogP contribution is -2.36. The summed E-state index contributed by atoms with van der Waals surface area (Å²) < 4.78 is 5.44. The minimum atomic E-state index is -0.225. The summed E-state index contributed by atoms with van der Waals surface area (Å²) in [5.41, 5.74) is 2.17. The highest BCUT2D eigenvalue weighted by molar-refractivity contribution is 6.05. The van der Waals surface area contributed by atoms with Crippen molar-refractivity contribution in [3.05, 3.63) is 42.4 Å². The summed E-state index contributed by atoms with van der Waals surface area (Å²) in [6.07, 6.45) is 8.86. The Hall–Kier alpha value is -2.67. The average Bonchev–Trinajstić information content (AvgIpc) is 3.04. The summed E-state index contributed by atoms with van der Waals surface area (Å²) in [4.78, 5) is 23.6. The molecule has 0 bridgehead atoms. The second-order valence-corrected chi connectivity index (χ2v) is 7.69. The zero-order valence-electron chi connectivity index (χ0n) is 16.8. The smallest absolute Gasteiger partial charge is 0.274 e. The van der Waals surface area contributed by atoms with Crippen LogP contribution in [0.25, 0.3) is 0 Å². The van der Waals surface area contributed by atoms with Crippen molar-refractivity contribution in [2.24, 2.45) is 0 Å². The van der Waals surface area contributed by atoms with Gasteiger partial charge >= 0.3 is 0 Å². The van der Waals surface area contributed by atoms with E-state index >= 15 is 0 Å². The number of rotatable bonds is 5. The van der Waals surface area contributed by atoms with E-state index in [1.165, 1.54) is 32.0 Å². The van der Waals surface area contributed by atoms with Gasteiger partial charge in [0.15, 0.2) is 0 Å². The average molecular weight is 396 g/mol. The molecule has 2 aliphatic rings. The van der Waals surface area contributed by atoms with Crippen LogP contribution in [-0.2, 0) is 4.74 Å². The van der Waals surface area contributed by atoms with Crippen molar-refractivity contribution in [1.29, 1.82) is 0 Å². The second kappa shape index (κ2) is 9.69. The van der Waals surface area contributed by atoms with Crippen molar-refractivity contribution in [2.45, 2.75) is 44.6 Å². The molecule has 0 radical (unpaired) electrons. The molecular weight excluding hydrogens is 366 g/mol. The fourth-order valence-corrected chi connectivity index (χ4v) is 4.04. The van der Waals surface area contributed by atoms with Gasteiger partial charge in [-0.05, 0) is 25.0 Å². The summed E-state index contributed by atoms with van der Waals surface area (Å²) in [5.74, 6) is 0.496. The molecule has 1 aromatic carbocycles. The zero-order valence-corrected chi connectivity index (χ0v) is 16.8. The van der Waals surface area contributed by atoms with Crippen molar-refractivity contribution in [1.82, 2.24) is 9.97 Å². The molecule has 2 N–H and O–H groups in total. The zero-order chi connectivity index (χ0) is 19.9. The molecule has 2 fully saturated rings. The van der Waals surface area contributed by atoms with E-state index in [1.807, 2.05) is 24.3 Å². The molecule has 1 aliphatic carbocycles. The number of anilines is 3. The lowest BCUT2D eigenvalue weighted by Gasteiger charge is -2.30. The van der Waals surface area contributed by atoms with Gasteiger partial charge in [-0.15, -0.1) is 0 Å². The van der Waals surface area contributed by atoms with Gasteiger partial charge in [0.1, 0.15) is 17.8 Å². The molecule has 7 nitrogen and oxygen atoms in total. The number of hydrogen-bond acceptors (Lipinski definition) is 6. The fraction of sp³-hybridized carbons (Fsp3) is 0.500. The predicted octanol–water partition coefficient (Wildman–Crippen LogP) is 3.70. The maximum absolute atomic E-state index is 12.9. The summed E-state index contributed by atoms with van der Waals surface area (Å²) in [6, 6.07) is 10.0. The molecule has 29 heavy (non-hydrogen) atoms. The highest BCUT2D eigenvalue weighted by Crippen LogP contribution is 2.27. The number of morpholine rings is 1. The third-order valence-corrected chi connectivity index (χ3v) is 5.61. The summed E-state index contributed by atoms with van der Waals surface area (Å²) in [5, 5.41) is 6.52. The van der Waals surface area contributed by atoms with Gasteiger partial charge in [0.05, 0.1) is 24.6 Å². The third-order valence-electron chi connectivity index (χ3n) is 5.61. The Kier molecular flexibility index (Phi) is 6.56. The normalized spacial score (nSPS) is 18.1. The molecule has 0 spiro atoms. The second-order valence-electron chi connectivity index (χ2n) is 7.69. The van der Waals surface area contributed by atoms with E-state index in [0.717, 1.165) is 43.1 Å². The largest absolute Gasteiger partial charge is 0.378 e. The van der Waals surface area contributed by atoms with Crippen LogP contribution in [0, 0.1) is 0 Å². The Bertz CT molecular complexity index is 814. The number of carbonyl (C=O) groups excluding carboxylic acids is 1. The van der Waals surface area contributed by atoms with Crippen molar-refractivity contribution in [3.63, 3.8) is 0 Å². The lowest BCUT2D eigenvalue weighted by molar-refractivity contribution is 0.102. The number of hydrogen-bond donors (Lipinski definition) is 2. The van der Waals surface area contributed by atoms with Crippen LogP contribution in [0.3, 0.4) is 0 Å². The van der Waals surface area contributed by atoms with Crippen molar-refractivity contribution in [3.8, 4) is 0 Å². The van der Waals surface area contributed by atoms with Crippen LogP contribution in [0.2, 0.25) is 0 Å². The van der Waals surface area contributed by atoms with Crippen LogP contribution >= 0.6 is 0 Å². The molecule has 1 aromatic heterocycles. The van der Waals surface area contributed by atoms with Crippen LogP contribution < -0.4 is 15.5 Å². The SMILES string of the molecule is O=C(Nc1ccccc1N1CCOCC1)c1cc(NC2CCCCCC2)ncn1. The Balaban J connectivity index is 1.45. The lowest BCUT2D eigenvalue weighted by atomic mass is 10.1. The number of carbonyl (C=O) groups is 1. The first kappa shape index (κ1) is 19.6. The van der Waals surface area contributed by atoms with E-state index in [2.05, 4.69) is 25.5 Å². The first-order valence-electron chi connectivity index (χ1n) is 10.6. The maximum Gasteiger partial charge on any atom is 0.274 e. The summed E-state index contributed by atoms with van der Waals surface area (Å²) >= 11 is 0. The quantitative estimate of drug-likeness (QED) is 0.752. The van der Waals surface area contributed by atoms with E-state index in [9.17, 15) is 4.79 Å². The minimum absolute atomic E-state index is 0.225. The molecule has 2 aromatic rings. The van der Waals surface area contributed by atoms with Crippen molar-refractivity contribution >= 4 is 23.1 Å². The molecule has 7 heteroatoms. The Morgan fingerprint density at radius 2 is 1.79 bits per heavy atom. The number of nitrogens with one attached hydrogen (secondary N) is 2. The first-order valence-corrected chi connectivity index (χ1v) is 10.6. The minimum Gasteiger partial charge on any atom is -0.378 e. The first-order chi connectivity index (χ1) is 14.3. The Morgan fingerprint density at radius 3 is 2.59 bits per heavy atom. The van der Waals surface area contributed by atoms with Gasteiger partial charge in [-0.2, -0.15) is 0 Å². The van der Waals surface area contributed by atoms with Crippen LogP contribution in [0.1, 0.15) is 49.0 Å². The molecule has 0 atom stereocenters. The van der Waals surface area contributed by atoms with Crippen LogP contribution in [-0.4, -0.2) is 48.2 Å². The van der Waals surface area contributed by atoms with Gasteiger partial charge in [-0.1, -0.05) is 37.8 Å². The molecule has 4 rings (SSSR count). The molecule has 2 heterocycles. The summed E-state index contributed by atoms with van der Waals surface area (Å²) in [6.45, 7) is 3.03. The van der Waals surface area contributed by atoms with E-state index in [-0.39, 0.29) is 5.91 Å². The van der Waals surface area contributed by atoms with Crippen molar-refractivity contribution < 1.29 is 9.53 Å². The van der Waals surface area contributed by atoms with Crippen LogP contribution in [0.4, 0.5) is 17.2 Å². The predicted molar refractivity (Wildman–Crippen MR) is 115 cm³/mol. The molecule has 1 aliphatic heterocycles. The summed E-state index contributed by atoms with van der Waals surface area (Å²) in [7, 11) is 0. The topological polar surface area (TPSA) is 79.4 Å². The van der Waals surface area contributed by atoms with Gasteiger partial charge in [0.25, 0.3) is 5.91 Å². The highest BCUT2D eigenvalue weighted by atomic mass is 16.5. The van der Waals surface area contributed by atoms with E-state index in [0.29, 0.717) is 24.9 Å². The highest BCUT2D eigenvalue weighted by Gasteiger charge is 2.18. The van der Waals surface area contributed by atoms with Crippen LogP contribution in [0.15, 0.2) is 36.7 Å². The fourth-order valence-electron chi connectivity index (χ4n) is 4.04. The van der Waals surface area contributed by atoms with Gasteiger partial charge in [-0.25, -0.2) is 9.97 Å². The van der Waals surface area contributed by atoms with E-state index < -0.39 is 0 Å². The monoisotopic (exact) mass is 395 g/mol. The molecule has 1 saturated carbocycles. The molecule has 1 amide bonds. The van der Waals surface area contributed by atoms with Gasteiger partial charge < -0.3 is 20.3 Å². The standard InChI is InChI=1S/C22H29N5O2/c28-22(26-18-9-5-6-10-20(18)27-11-13-29-14-12-27)19-15-21(24-16-23-19)25-17-7-3-1-2-4-8-17/h5-6,9-10,15-17H,1-4,7-8,11-14H2,(H,26,28)(H,23,24,25). The Morgan fingerprint density at radius 1 is 1.03 bits per heavy atom. The number of nitrogens with zero attached hydrogens (tertiary/aromatic N) is 3. The molecular formula is C22H29N5O2. The van der Waals surface area contributed by atoms with Crippen LogP contribution in [0.5, 0.6) is 0 Å². The number of ether oxygens (including phenoxy) is 1. The maximum atomic E-state index is 12.9. The Labute approximate surface area is 171 Å². The molecule has 1 saturated heterocycles. The van der Waals surface area contributed by atoms with Crippen molar-refractivity contribution in [2.75, 3.05) is 41.8 Å². The number of para-hydroxylation sites is 2. The third kappa shape index (κ3) is 5.23. The number of amides is 1. The molecule has 154 valence electrons. The van der Waals surface area contributed by atoms with Gasteiger partial charge in [-0.3, -0.25) is 4.79 Å².